The van der Waals surface area contributed by atoms with Crippen LogP contribution in [-0.4, -0.2) is 45.9 Å². The number of hydrogen-bond donors (Lipinski definition) is 0. The van der Waals surface area contributed by atoms with Gasteiger partial charge in [-0.25, -0.2) is 0 Å². The van der Waals surface area contributed by atoms with Crippen LogP contribution in [-0.2, 0) is 0 Å². The van der Waals surface area contributed by atoms with Gasteiger partial charge in [0.15, 0.2) is 0 Å². The van der Waals surface area contributed by atoms with Crippen molar-refractivity contribution >= 4 is 34.3 Å². The average Bonchev–Trinajstić information content (AvgIpc) is 2.67. The van der Waals surface area contributed by atoms with E-state index in [4.69, 9.17) is 12.2 Å². The van der Waals surface area contributed by atoms with Crippen molar-refractivity contribution in [3.8, 4) is 0 Å². The van der Waals surface area contributed by atoms with Crippen LogP contribution in [0.25, 0.3) is 0 Å². The van der Waals surface area contributed by atoms with Crippen molar-refractivity contribution < 1.29 is 9.85 Å². The number of nitro groups is 2. The first-order chi connectivity index (χ1) is 12.5. The Morgan fingerprint density at radius 1 is 0.885 bits per heavy atom. The molecular weight excluding hydrogens is 356 g/mol. The highest BCUT2D eigenvalue weighted by Gasteiger charge is 2.22. The molecule has 8 nitrogen and oxygen atoms in total. The number of rotatable bonds is 4. The molecule has 9 heteroatoms. The number of piperazine rings is 1. The maximum Gasteiger partial charge on any atom is 0.271 e. The maximum atomic E-state index is 10.9. The summed E-state index contributed by atoms with van der Waals surface area (Å²) in [4.78, 5) is 25.6. The van der Waals surface area contributed by atoms with Crippen LogP contribution in [0.15, 0.2) is 48.5 Å². The summed E-state index contributed by atoms with van der Waals surface area (Å²) in [7, 11) is 0. The van der Waals surface area contributed by atoms with Crippen molar-refractivity contribution in [1.29, 1.82) is 0 Å². The normalized spacial score (nSPS) is 14.2. The van der Waals surface area contributed by atoms with Crippen molar-refractivity contribution in [3.05, 3.63) is 74.3 Å². The Morgan fingerprint density at radius 2 is 1.46 bits per heavy atom. The van der Waals surface area contributed by atoms with Gasteiger partial charge in [0.05, 0.1) is 9.85 Å². The standard InChI is InChI=1S/C17H16N4O4S/c22-20(23)15-5-1-3-13(11-15)17(26)19-9-7-18(8-10-19)14-4-2-6-16(12-14)21(24)25/h1-6,11-12H,7-10H2. The van der Waals surface area contributed by atoms with E-state index in [9.17, 15) is 20.2 Å². The van der Waals surface area contributed by atoms with Gasteiger partial charge in [0.2, 0.25) is 0 Å². The summed E-state index contributed by atoms with van der Waals surface area (Å²) in [5.41, 5.74) is 1.54. The lowest BCUT2D eigenvalue weighted by Gasteiger charge is -2.37. The lowest BCUT2D eigenvalue weighted by atomic mass is 10.1. The molecule has 1 aliphatic rings. The van der Waals surface area contributed by atoms with Crippen molar-refractivity contribution in [1.82, 2.24) is 4.90 Å². The van der Waals surface area contributed by atoms with Gasteiger partial charge in [-0.3, -0.25) is 20.2 Å². The molecule has 0 radical (unpaired) electrons. The van der Waals surface area contributed by atoms with E-state index >= 15 is 0 Å². The smallest absolute Gasteiger partial charge is 0.271 e. The monoisotopic (exact) mass is 372 g/mol. The highest BCUT2D eigenvalue weighted by molar-refractivity contribution is 7.80. The van der Waals surface area contributed by atoms with E-state index < -0.39 is 9.85 Å². The van der Waals surface area contributed by atoms with E-state index in [1.54, 1.807) is 24.3 Å². The fourth-order valence-corrected chi connectivity index (χ4v) is 3.22. The van der Waals surface area contributed by atoms with Gasteiger partial charge in [-0.15, -0.1) is 0 Å². The lowest BCUT2D eigenvalue weighted by molar-refractivity contribution is -0.385. The van der Waals surface area contributed by atoms with Crippen LogP contribution in [0.1, 0.15) is 5.56 Å². The minimum absolute atomic E-state index is 0.0140. The second kappa shape index (κ2) is 7.44. The van der Waals surface area contributed by atoms with Crippen molar-refractivity contribution in [3.63, 3.8) is 0 Å². The molecule has 0 aliphatic carbocycles. The van der Waals surface area contributed by atoms with Crippen LogP contribution in [0.3, 0.4) is 0 Å². The third kappa shape index (κ3) is 3.77. The highest BCUT2D eigenvalue weighted by atomic mass is 32.1. The molecule has 0 bridgehead atoms. The molecule has 134 valence electrons. The molecule has 1 aliphatic heterocycles. The number of non-ortho nitro benzene ring substituents is 2. The fraction of sp³-hybridized carbons (Fsp3) is 0.235. The molecule has 0 aromatic heterocycles. The zero-order valence-electron chi connectivity index (χ0n) is 13.8. The molecule has 1 heterocycles. The van der Waals surface area contributed by atoms with Gasteiger partial charge in [0, 0.05) is 61.7 Å². The number of benzene rings is 2. The predicted octanol–water partition coefficient (Wildman–Crippen LogP) is 3.00. The summed E-state index contributed by atoms with van der Waals surface area (Å²) < 4.78 is 0. The first kappa shape index (κ1) is 17.7. The van der Waals surface area contributed by atoms with E-state index in [1.165, 1.54) is 18.2 Å². The molecule has 2 aromatic rings. The molecule has 0 saturated carbocycles. The molecule has 1 saturated heterocycles. The highest BCUT2D eigenvalue weighted by Crippen LogP contribution is 2.23. The minimum atomic E-state index is -0.438. The molecule has 0 unspecified atom stereocenters. The Labute approximate surface area is 154 Å². The molecule has 0 amide bonds. The summed E-state index contributed by atoms with van der Waals surface area (Å²) >= 11 is 5.49. The maximum absolute atomic E-state index is 10.9. The quantitative estimate of drug-likeness (QED) is 0.463. The molecule has 2 aromatic carbocycles. The fourth-order valence-electron chi connectivity index (χ4n) is 2.91. The predicted molar refractivity (Wildman–Crippen MR) is 102 cm³/mol. The zero-order chi connectivity index (χ0) is 18.7. The molecule has 0 spiro atoms. The number of thiocarbonyl (C=S) groups is 1. The Kier molecular flexibility index (Phi) is 5.08. The Balaban J connectivity index is 1.67. The van der Waals surface area contributed by atoms with Gasteiger partial charge < -0.3 is 9.80 Å². The van der Waals surface area contributed by atoms with Crippen LogP contribution in [0.2, 0.25) is 0 Å². The number of anilines is 1. The molecule has 0 N–H and O–H groups in total. The zero-order valence-corrected chi connectivity index (χ0v) is 14.6. The minimum Gasteiger partial charge on any atom is -0.368 e. The lowest BCUT2D eigenvalue weighted by Crippen LogP contribution is -2.48. The summed E-state index contributed by atoms with van der Waals surface area (Å²) in [5.74, 6) is 0. The van der Waals surface area contributed by atoms with Crippen molar-refractivity contribution in [2.75, 3.05) is 31.1 Å². The van der Waals surface area contributed by atoms with Crippen LogP contribution in [0.5, 0.6) is 0 Å². The van der Waals surface area contributed by atoms with Gasteiger partial charge in [-0.2, -0.15) is 0 Å². The van der Waals surface area contributed by atoms with Gasteiger partial charge in [0.1, 0.15) is 4.99 Å². The Hall–Kier alpha value is -3.07. The van der Waals surface area contributed by atoms with Crippen molar-refractivity contribution in [2.45, 2.75) is 0 Å². The summed E-state index contributed by atoms with van der Waals surface area (Å²) in [5, 5.41) is 21.8. The van der Waals surface area contributed by atoms with Crippen LogP contribution >= 0.6 is 12.2 Å². The third-order valence-electron chi connectivity index (χ3n) is 4.28. The molecular formula is C17H16N4O4S. The van der Waals surface area contributed by atoms with Crippen LogP contribution < -0.4 is 4.90 Å². The number of nitrogens with zero attached hydrogens (tertiary/aromatic N) is 4. The molecule has 26 heavy (non-hydrogen) atoms. The van der Waals surface area contributed by atoms with Crippen LogP contribution in [0.4, 0.5) is 17.1 Å². The van der Waals surface area contributed by atoms with E-state index in [2.05, 4.69) is 4.90 Å². The van der Waals surface area contributed by atoms with Gasteiger partial charge >= 0.3 is 0 Å². The Bertz CT molecular complexity index is 865. The van der Waals surface area contributed by atoms with Crippen molar-refractivity contribution in [2.24, 2.45) is 0 Å². The summed E-state index contributed by atoms with van der Waals surface area (Å²) in [6.07, 6.45) is 0. The van der Waals surface area contributed by atoms with E-state index in [-0.39, 0.29) is 11.4 Å². The first-order valence-electron chi connectivity index (χ1n) is 7.99. The summed E-state index contributed by atoms with van der Waals surface area (Å²) in [6, 6.07) is 12.9. The van der Waals surface area contributed by atoms with E-state index in [0.717, 1.165) is 5.69 Å². The van der Waals surface area contributed by atoms with E-state index in [1.807, 2.05) is 11.0 Å². The second-order valence-corrected chi connectivity index (χ2v) is 6.25. The van der Waals surface area contributed by atoms with Crippen LogP contribution in [0, 0.1) is 20.2 Å². The topological polar surface area (TPSA) is 92.8 Å². The van der Waals surface area contributed by atoms with Gasteiger partial charge in [-0.1, -0.05) is 30.4 Å². The average molecular weight is 372 g/mol. The Morgan fingerprint density at radius 3 is 2.08 bits per heavy atom. The van der Waals surface area contributed by atoms with Gasteiger partial charge in [0.25, 0.3) is 11.4 Å². The first-order valence-corrected chi connectivity index (χ1v) is 8.39. The molecule has 0 atom stereocenters. The number of nitro benzene ring substituents is 2. The van der Waals surface area contributed by atoms with E-state index in [0.29, 0.717) is 36.7 Å². The third-order valence-corrected chi connectivity index (χ3v) is 4.77. The molecule has 1 fully saturated rings. The van der Waals surface area contributed by atoms with Gasteiger partial charge in [-0.05, 0) is 6.07 Å². The second-order valence-electron chi connectivity index (χ2n) is 5.86. The molecule has 3 rings (SSSR count). The number of hydrogen-bond acceptors (Lipinski definition) is 6. The largest absolute Gasteiger partial charge is 0.368 e. The SMILES string of the molecule is O=[N+]([O-])c1cccc(C(=S)N2CCN(c3cccc([N+](=O)[O-])c3)CC2)c1. The summed E-state index contributed by atoms with van der Waals surface area (Å²) in [6.45, 7) is 2.61.